The molecule has 0 amide bonds. The Bertz CT molecular complexity index is 493. The maximum absolute atomic E-state index is 13.8. The highest BCUT2D eigenvalue weighted by atomic mass is 19.4. The van der Waals surface area contributed by atoms with Crippen molar-refractivity contribution in [3.05, 3.63) is 29.6 Å². The number of benzene rings is 1. The molecule has 1 unspecified atom stereocenters. The molecule has 22 heavy (non-hydrogen) atoms. The van der Waals surface area contributed by atoms with Crippen LogP contribution in [0.3, 0.4) is 0 Å². The minimum Gasteiger partial charge on any atom is -0.481 e. The minimum atomic E-state index is -4.47. The molecule has 1 aliphatic heterocycles. The van der Waals surface area contributed by atoms with E-state index in [1.54, 1.807) is 6.07 Å². The Morgan fingerprint density at radius 1 is 1.36 bits per heavy atom. The fourth-order valence-electron chi connectivity index (χ4n) is 2.61. The topological polar surface area (TPSA) is 24.5 Å². The average Bonchev–Trinajstić information content (AvgIpc) is 2.45. The number of alkyl halides is 3. The lowest BCUT2D eigenvalue weighted by Gasteiger charge is -2.32. The Kier molecular flexibility index (Phi) is 5.63. The third kappa shape index (κ3) is 5.14. The lowest BCUT2D eigenvalue weighted by molar-refractivity contribution is -0.153. The predicted molar refractivity (Wildman–Crippen MR) is 75.3 cm³/mol. The maximum atomic E-state index is 13.8. The van der Waals surface area contributed by atoms with Gasteiger partial charge in [-0.1, -0.05) is 6.07 Å². The molecule has 0 bridgehead atoms. The van der Waals surface area contributed by atoms with Crippen LogP contribution < -0.4 is 10.1 Å². The van der Waals surface area contributed by atoms with E-state index in [1.165, 1.54) is 12.1 Å². The number of ether oxygens (including phenoxy) is 1. The molecule has 1 heterocycles. The molecule has 0 radical (unpaired) electrons. The number of halogens is 4. The first-order valence-corrected chi connectivity index (χ1v) is 7.25. The van der Waals surface area contributed by atoms with Crippen LogP contribution in [0.1, 0.15) is 18.4 Å². The van der Waals surface area contributed by atoms with Gasteiger partial charge in [0, 0.05) is 19.1 Å². The van der Waals surface area contributed by atoms with Crippen LogP contribution in [0.15, 0.2) is 18.2 Å². The summed E-state index contributed by atoms with van der Waals surface area (Å²) in [6, 6.07) is 4.54. The van der Waals surface area contributed by atoms with Gasteiger partial charge in [0.25, 0.3) is 0 Å². The van der Waals surface area contributed by atoms with E-state index in [2.05, 4.69) is 15.0 Å². The first-order valence-electron chi connectivity index (χ1n) is 7.25. The van der Waals surface area contributed by atoms with E-state index in [0.717, 1.165) is 31.5 Å². The van der Waals surface area contributed by atoms with E-state index in [-0.39, 0.29) is 5.75 Å². The van der Waals surface area contributed by atoms with E-state index in [1.807, 2.05) is 7.05 Å². The fourth-order valence-corrected chi connectivity index (χ4v) is 2.61. The highest BCUT2D eigenvalue weighted by Crippen LogP contribution is 2.23. The molecule has 1 atom stereocenters. The second kappa shape index (κ2) is 7.28. The van der Waals surface area contributed by atoms with E-state index in [0.29, 0.717) is 12.6 Å². The number of hydrogen-bond donors (Lipinski definition) is 1. The van der Waals surface area contributed by atoms with Crippen molar-refractivity contribution >= 4 is 0 Å². The van der Waals surface area contributed by atoms with E-state index < -0.39 is 18.6 Å². The third-order valence-electron chi connectivity index (χ3n) is 3.71. The second-order valence-electron chi connectivity index (χ2n) is 5.53. The van der Waals surface area contributed by atoms with Crippen molar-refractivity contribution in [2.24, 2.45) is 0 Å². The van der Waals surface area contributed by atoms with Gasteiger partial charge in [0.15, 0.2) is 18.2 Å². The number of rotatable bonds is 5. The van der Waals surface area contributed by atoms with Gasteiger partial charge in [-0.15, -0.1) is 0 Å². The van der Waals surface area contributed by atoms with Gasteiger partial charge >= 0.3 is 6.18 Å². The van der Waals surface area contributed by atoms with Gasteiger partial charge in [0.05, 0.1) is 0 Å². The van der Waals surface area contributed by atoms with Crippen molar-refractivity contribution in [2.75, 3.05) is 26.7 Å². The van der Waals surface area contributed by atoms with Crippen LogP contribution in [0.25, 0.3) is 0 Å². The van der Waals surface area contributed by atoms with Crippen LogP contribution in [-0.2, 0) is 6.54 Å². The summed E-state index contributed by atoms with van der Waals surface area (Å²) in [5.74, 6) is -1.13. The second-order valence-corrected chi connectivity index (χ2v) is 5.53. The molecule has 1 N–H and O–H groups in total. The molecule has 124 valence electrons. The van der Waals surface area contributed by atoms with Crippen molar-refractivity contribution in [1.82, 2.24) is 10.2 Å². The monoisotopic (exact) mass is 320 g/mol. The minimum absolute atomic E-state index is 0.368. The zero-order valence-electron chi connectivity index (χ0n) is 12.4. The lowest BCUT2D eigenvalue weighted by atomic mass is 10.0. The zero-order valence-corrected chi connectivity index (χ0v) is 12.4. The molecule has 2 rings (SSSR count). The number of nitrogens with one attached hydrogen (secondary N) is 1. The number of likely N-dealkylation sites (tertiary alicyclic amines) is 1. The lowest BCUT2D eigenvalue weighted by Crippen LogP contribution is -2.43. The Hall–Kier alpha value is -1.34. The van der Waals surface area contributed by atoms with Gasteiger partial charge in [0.2, 0.25) is 0 Å². The van der Waals surface area contributed by atoms with Crippen molar-refractivity contribution in [3.8, 4) is 5.75 Å². The van der Waals surface area contributed by atoms with Gasteiger partial charge in [-0.2, -0.15) is 13.2 Å². The van der Waals surface area contributed by atoms with Crippen molar-refractivity contribution < 1.29 is 22.3 Å². The first-order chi connectivity index (χ1) is 10.4. The molecule has 0 aromatic heterocycles. The summed E-state index contributed by atoms with van der Waals surface area (Å²) in [5.41, 5.74) is 0.730. The summed E-state index contributed by atoms with van der Waals surface area (Å²) < 4.78 is 54.5. The quantitative estimate of drug-likeness (QED) is 0.844. The zero-order chi connectivity index (χ0) is 16.2. The molecular weight excluding hydrogens is 300 g/mol. The molecule has 0 spiro atoms. The van der Waals surface area contributed by atoms with Crippen molar-refractivity contribution in [1.29, 1.82) is 0 Å². The molecule has 0 saturated carbocycles. The summed E-state index contributed by atoms with van der Waals surface area (Å²) in [5, 5.41) is 3.23. The standard InChI is InChI=1S/C15H20F4N2O/c1-20-12-3-2-6-21(9-12)8-11-4-5-14(13(16)7-11)22-10-15(17,18)19/h4-5,7,12,20H,2-3,6,8-10H2,1H3. The molecule has 3 nitrogen and oxygen atoms in total. The van der Waals surface area contributed by atoms with Gasteiger partial charge in [-0.05, 0) is 44.1 Å². The molecule has 1 aromatic rings. The summed E-state index contributed by atoms with van der Waals surface area (Å²) in [7, 11) is 1.92. The Balaban J connectivity index is 1.94. The number of likely N-dealkylation sites (N-methyl/N-ethyl adjacent to an activating group) is 1. The summed E-state index contributed by atoms with van der Waals surface area (Å²) in [6.07, 6.45) is -2.28. The Morgan fingerprint density at radius 3 is 2.77 bits per heavy atom. The van der Waals surface area contributed by atoms with Crippen LogP contribution in [0.2, 0.25) is 0 Å². The highest BCUT2D eigenvalue weighted by molar-refractivity contribution is 5.29. The molecule has 1 saturated heterocycles. The Morgan fingerprint density at radius 2 is 2.14 bits per heavy atom. The summed E-state index contributed by atoms with van der Waals surface area (Å²) in [4.78, 5) is 2.20. The van der Waals surface area contributed by atoms with E-state index in [4.69, 9.17) is 0 Å². The van der Waals surface area contributed by atoms with E-state index in [9.17, 15) is 17.6 Å². The fraction of sp³-hybridized carbons (Fsp3) is 0.600. The van der Waals surface area contributed by atoms with Crippen molar-refractivity contribution in [3.63, 3.8) is 0 Å². The molecule has 1 aromatic carbocycles. The number of hydrogen-bond acceptors (Lipinski definition) is 3. The molecule has 1 aliphatic rings. The number of nitrogens with zero attached hydrogens (tertiary/aromatic N) is 1. The predicted octanol–water partition coefficient (Wildman–Crippen LogP) is 2.95. The summed E-state index contributed by atoms with van der Waals surface area (Å²) >= 11 is 0. The van der Waals surface area contributed by atoms with Gasteiger partial charge < -0.3 is 10.1 Å². The maximum Gasteiger partial charge on any atom is 0.422 e. The van der Waals surface area contributed by atoms with Gasteiger partial charge in [-0.3, -0.25) is 4.90 Å². The van der Waals surface area contributed by atoms with Crippen LogP contribution in [0, 0.1) is 5.82 Å². The van der Waals surface area contributed by atoms with Crippen molar-refractivity contribution in [2.45, 2.75) is 31.6 Å². The Labute approximate surface area is 127 Å². The van der Waals surface area contributed by atoms with Gasteiger partial charge in [-0.25, -0.2) is 4.39 Å². The van der Waals surface area contributed by atoms with Gasteiger partial charge in [0.1, 0.15) is 0 Å². The number of piperidine rings is 1. The van der Waals surface area contributed by atoms with E-state index >= 15 is 0 Å². The molecule has 0 aliphatic carbocycles. The highest BCUT2D eigenvalue weighted by Gasteiger charge is 2.29. The summed E-state index contributed by atoms with van der Waals surface area (Å²) in [6.45, 7) is 0.907. The molecular formula is C15H20F4N2O. The third-order valence-corrected chi connectivity index (χ3v) is 3.71. The SMILES string of the molecule is CNC1CCCN(Cc2ccc(OCC(F)(F)F)c(F)c2)C1. The normalized spacial score (nSPS) is 20.1. The van der Waals surface area contributed by atoms with Crippen LogP contribution in [0.5, 0.6) is 5.75 Å². The molecule has 1 fully saturated rings. The van der Waals surface area contributed by atoms with Crippen LogP contribution in [0.4, 0.5) is 17.6 Å². The van der Waals surface area contributed by atoms with Crippen LogP contribution in [-0.4, -0.2) is 43.9 Å². The first kappa shape index (κ1) is 17.0. The molecule has 7 heteroatoms. The average molecular weight is 320 g/mol. The van der Waals surface area contributed by atoms with Crippen LogP contribution >= 0.6 is 0 Å². The largest absolute Gasteiger partial charge is 0.481 e. The smallest absolute Gasteiger partial charge is 0.422 e.